The van der Waals surface area contributed by atoms with Crippen molar-refractivity contribution in [1.29, 1.82) is 0 Å². The maximum atomic E-state index is 4.39. The molecule has 0 aromatic carbocycles. The van der Waals surface area contributed by atoms with Crippen molar-refractivity contribution in [2.75, 3.05) is 6.54 Å². The van der Waals surface area contributed by atoms with E-state index >= 15 is 0 Å². The molecule has 0 N–H and O–H groups in total. The minimum atomic E-state index is 0.638. The lowest BCUT2D eigenvalue weighted by atomic mass is 9.91. The number of nitrogens with zero attached hydrogens (tertiary/aromatic N) is 1. The number of hydrogen-bond donors (Lipinski definition) is 0. The van der Waals surface area contributed by atoms with Crippen LogP contribution in [0, 0.1) is 5.92 Å². The molecule has 0 bridgehead atoms. The van der Waals surface area contributed by atoms with E-state index < -0.39 is 0 Å². The summed E-state index contributed by atoms with van der Waals surface area (Å²) >= 11 is 0. The zero-order valence-electron chi connectivity index (χ0n) is 5.96. The summed E-state index contributed by atoms with van der Waals surface area (Å²) in [5.74, 6) is 0.638. The van der Waals surface area contributed by atoms with Gasteiger partial charge in [-0.25, -0.2) is 0 Å². The highest BCUT2D eigenvalue weighted by atomic mass is 14.7. The van der Waals surface area contributed by atoms with Crippen LogP contribution in [0.15, 0.2) is 29.3 Å². The van der Waals surface area contributed by atoms with Gasteiger partial charge in [0.2, 0.25) is 0 Å². The third-order valence-electron chi connectivity index (χ3n) is 2.06. The molecule has 1 aliphatic heterocycles. The Morgan fingerprint density at radius 1 is 1.40 bits per heavy atom. The van der Waals surface area contributed by atoms with Gasteiger partial charge >= 0.3 is 0 Å². The Balaban J connectivity index is 2.26. The first-order chi connectivity index (χ1) is 4.97. The van der Waals surface area contributed by atoms with E-state index in [4.69, 9.17) is 0 Å². The van der Waals surface area contributed by atoms with Crippen LogP contribution in [0.5, 0.6) is 0 Å². The second-order valence-electron chi connectivity index (χ2n) is 2.78. The molecule has 2 rings (SSSR count). The standard InChI is InChI=1S/C9H11N/c1-2-6-9-8(4-1)5-3-7-10-9/h2-3,5-6,8H,1,4,7H2. The van der Waals surface area contributed by atoms with Crippen molar-refractivity contribution in [3.8, 4) is 0 Å². The van der Waals surface area contributed by atoms with Gasteiger partial charge < -0.3 is 0 Å². The monoisotopic (exact) mass is 133 g/mol. The van der Waals surface area contributed by atoms with Gasteiger partial charge in [0.25, 0.3) is 0 Å². The van der Waals surface area contributed by atoms with E-state index in [1.54, 1.807) is 0 Å². The number of dihydropyridines is 1. The minimum Gasteiger partial charge on any atom is -0.285 e. The Morgan fingerprint density at radius 3 is 3.30 bits per heavy atom. The third kappa shape index (κ3) is 0.919. The number of rotatable bonds is 0. The van der Waals surface area contributed by atoms with E-state index in [-0.39, 0.29) is 0 Å². The molecule has 0 saturated carbocycles. The molecule has 1 unspecified atom stereocenters. The fourth-order valence-electron chi connectivity index (χ4n) is 1.50. The molecule has 0 aromatic rings. The Bertz CT molecular complexity index is 211. The van der Waals surface area contributed by atoms with E-state index in [1.807, 2.05) is 0 Å². The van der Waals surface area contributed by atoms with Gasteiger partial charge in [-0.2, -0.15) is 0 Å². The van der Waals surface area contributed by atoms with Crippen LogP contribution in [-0.2, 0) is 0 Å². The number of hydrogen-bond acceptors (Lipinski definition) is 1. The van der Waals surface area contributed by atoms with Gasteiger partial charge in [-0.3, -0.25) is 4.99 Å². The zero-order chi connectivity index (χ0) is 6.81. The molecule has 1 nitrogen and oxygen atoms in total. The fraction of sp³-hybridized carbons (Fsp3) is 0.444. The first kappa shape index (κ1) is 5.90. The van der Waals surface area contributed by atoms with Crippen molar-refractivity contribution >= 4 is 5.71 Å². The van der Waals surface area contributed by atoms with Crippen LogP contribution in [0.1, 0.15) is 12.8 Å². The molecule has 1 atom stereocenters. The van der Waals surface area contributed by atoms with Crippen molar-refractivity contribution in [3.05, 3.63) is 24.3 Å². The third-order valence-corrected chi connectivity index (χ3v) is 2.06. The molecule has 1 heteroatoms. The van der Waals surface area contributed by atoms with Crippen molar-refractivity contribution < 1.29 is 0 Å². The molecule has 1 aliphatic carbocycles. The Labute approximate surface area is 61.2 Å². The summed E-state index contributed by atoms with van der Waals surface area (Å²) in [5.41, 5.74) is 1.29. The van der Waals surface area contributed by atoms with Gasteiger partial charge in [0, 0.05) is 11.6 Å². The van der Waals surface area contributed by atoms with E-state index in [0.717, 1.165) is 6.54 Å². The minimum absolute atomic E-state index is 0.638. The van der Waals surface area contributed by atoms with Gasteiger partial charge in [-0.15, -0.1) is 0 Å². The van der Waals surface area contributed by atoms with Crippen LogP contribution in [-0.4, -0.2) is 12.3 Å². The van der Waals surface area contributed by atoms with Crippen LogP contribution in [0.4, 0.5) is 0 Å². The van der Waals surface area contributed by atoms with Crippen LogP contribution < -0.4 is 0 Å². The summed E-state index contributed by atoms with van der Waals surface area (Å²) in [5, 5.41) is 0. The molecule has 0 saturated heterocycles. The van der Waals surface area contributed by atoms with Crippen LogP contribution in [0.25, 0.3) is 0 Å². The van der Waals surface area contributed by atoms with Gasteiger partial charge in [-0.1, -0.05) is 18.2 Å². The predicted molar refractivity (Wildman–Crippen MR) is 43.3 cm³/mol. The molecule has 0 amide bonds. The lowest BCUT2D eigenvalue weighted by molar-refractivity contribution is 0.732. The number of allylic oxidation sites excluding steroid dienone is 3. The normalized spacial score (nSPS) is 29.6. The Hall–Kier alpha value is -0.850. The average Bonchev–Trinajstić information content (AvgIpc) is 2.05. The average molecular weight is 133 g/mol. The second-order valence-corrected chi connectivity index (χ2v) is 2.78. The first-order valence-corrected chi connectivity index (χ1v) is 3.84. The van der Waals surface area contributed by atoms with Crippen LogP contribution in [0.3, 0.4) is 0 Å². The summed E-state index contributed by atoms with van der Waals surface area (Å²) in [6.45, 7) is 0.885. The SMILES string of the molecule is C1=CC2=NCC=CC2CC1. The maximum Gasteiger partial charge on any atom is 0.0574 e. The molecule has 1 heterocycles. The van der Waals surface area contributed by atoms with E-state index in [0.29, 0.717) is 5.92 Å². The highest BCUT2D eigenvalue weighted by Gasteiger charge is 2.14. The molecule has 0 spiro atoms. The summed E-state index contributed by atoms with van der Waals surface area (Å²) < 4.78 is 0. The summed E-state index contributed by atoms with van der Waals surface area (Å²) in [7, 11) is 0. The highest BCUT2D eigenvalue weighted by molar-refractivity contribution is 5.99. The largest absolute Gasteiger partial charge is 0.285 e. The number of fused-ring (bicyclic) bond motifs is 1. The fourth-order valence-corrected chi connectivity index (χ4v) is 1.50. The number of aliphatic imine (C=N–C) groups is 1. The molecular weight excluding hydrogens is 122 g/mol. The van der Waals surface area contributed by atoms with Gasteiger partial charge in [0.1, 0.15) is 0 Å². The summed E-state index contributed by atoms with van der Waals surface area (Å²) in [6.07, 6.45) is 11.3. The molecule has 0 aromatic heterocycles. The molecule has 2 aliphatic rings. The second kappa shape index (κ2) is 2.41. The summed E-state index contributed by atoms with van der Waals surface area (Å²) in [4.78, 5) is 4.39. The van der Waals surface area contributed by atoms with Crippen molar-refractivity contribution in [1.82, 2.24) is 0 Å². The smallest absolute Gasteiger partial charge is 0.0574 e. The van der Waals surface area contributed by atoms with E-state index in [1.165, 1.54) is 18.6 Å². The Morgan fingerprint density at radius 2 is 2.40 bits per heavy atom. The Kier molecular flexibility index (Phi) is 1.42. The van der Waals surface area contributed by atoms with E-state index in [9.17, 15) is 0 Å². The van der Waals surface area contributed by atoms with Gasteiger partial charge in [0.05, 0.1) is 6.54 Å². The summed E-state index contributed by atoms with van der Waals surface area (Å²) in [6, 6.07) is 0. The van der Waals surface area contributed by atoms with E-state index in [2.05, 4.69) is 29.3 Å². The molecule has 10 heavy (non-hydrogen) atoms. The quantitative estimate of drug-likeness (QED) is 0.448. The topological polar surface area (TPSA) is 12.4 Å². The predicted octanol–water partition coefficient (Wildman–Crippen LogP) is 1.96. The zero-order valence-corrected chi connectivity index (χ0v) is 5.96. The molecule has 52 valence electrons. The van der Waals surface area contributed by atoms with Gasteiger partial charge in [-0.05, 0) is 18.9 Å². The van der Waals surface area contributed by atoms with Crippen molar-refractivity contribution in [2.45, 2.75) is 12.8 Å². The molecular formula is C9H11N. The van der Waals surface area contributed by atoms with Gasteiger partial charge in [0.15, 0.2) is 0 Å². The maximum absolute atomic E-state index is 4.39. The van der Waals surface area contributed by atoms with Crippen LogP contribution >= 0.6 is 0 Å². The lowest BCUT2D eigenvalue weighted by Gasteiger charge is -2.18. The van der Waals surface area contributed by atoms with Crippen molar-refractivity contribution in [2.24, 2.45) is 10.9 Å². The lowest BCUT2D eigenvalue weighted by Crippen LogP contribution is -2.16. The highest BCUT2D eigenvalue weighted by Crippen LogP contribution is 2.19. The van der Waals surface area contributed by atoms with Crippen molar-refractivity contribution in [3.63, 3.8) is 0 Å². The molecule has 0 fully saturated rings. The molecule has 0 radical (unpaired) electrons. The first-order valence-electron chi connectivity index (χ1n) is 3.84. The van der Waals surface area contributed by atoms with Crippen LogP contribution in [0.2, 0.25) is 0 Å².